The Morgan fingerprint density at radius 1 is 1.10 bits per heavy atom. The van der Waals surface area contributed by atoms with Crippen molar-refractivity contribution < 1.29 is 17.5 Å². The zero-order chi connectivity index (χ0) is 15.7. The quantitative estimate of drug-likeness (QED) is 0.670. The third-order valence-electron chi connectivity index (χ3n) is 3.22. The summed E-state index contributed by atoms with van der Waals surface area (Å²) < 4.78 is 41.3. The Bertz CT molecular complexity index is 532. The maximum absolute atomic E-state index is 13.1. The molecule has 0 aromatic heterocycles. The van der Waals surface area contributed by atoms with Crippen molar-refractivity contribution in [1.29, 1.82) is 0 Å². The molecule has 21 heavy (non-hydrogen) atoms. The molecule has 2 N–H and O–H groups in total. The van der Waals surface area contributed by atoms with Gasteiger partial charge in [-0.1, -0.05) is 45.4 Å². The molecule has 0 amide bonds. The molecule has 6 heteroatoms. The smallest absolute Gasteiger partial charge is 0.241 e. The first-order valence-corrected chi connectivity index (χ1v) is 8.95. The Labute approximate surface area is 126 Å². The number of ether oxygens (including phenoxy) is 1. The average molecular weight is 317 g/mol. The number of rotatable bonds is 10. The molecule has 1 rings (SSSR count). The molecule has 120 valence electrons. The first-order valence-electron chi connectivity index (χ1n) is 7.40. The summed E-state index contributed by atoms with van der Waals surface area (Å²) in [6.45, 7) is 2.58. The molecule has 4 nitrogen and oxygen atoms in total. The standard InChI is InChI=1S/C15H24FNO3S/c1-2-3-4-5-6-7-8-11-20-14-10-9-13(16)12-15(14)21(17,18)19/h9-10,12H,2-8,11H2,1H3,(H2,17,18,19). The lowest BCUT2D eigenvalue weighted by Crippen LogP contribution is -2.14. The van der Waals surface area contributed by atoms with Gasteiger partial charge >= 0.3 is 0 Å². The van der Waals surface area contributed by atoms with E-state index in [2.05, 4.69) is 6.92 Å². The van der Waals surface area contributed by atoms with Crippen LogP contribution in [0.3, 0.4) is 0 Å². The molecule has 0 saturated carbocycles. The van der Waals surface area contributed by atoms with Crippen LogP contribution in [0.25, 0.3) is 0 Å². The third-order valence-corrected chi connectivity index (χ3v) is 4.15. The Balaban J connectivity index is 2.39. The third kappa shape index (κ3) is 6.91. The summed E-state index contributed by atoms with van der Waals surface area (Å²) in [5, 5.41) is 5.05. The van der Waals surface area contributed by atoms with Crippen LogP contribution in [-0.2, 0) is 10.0 Å². The fourth-order valence-corrected chi connectivity index (χ4v) is 2.75. The predicted octanol–water partition coefficient (Wildman–Crippen LogP) is 3.60. The highest BCUT2D eigenvalue weighted by Crippen LogP contribution is 2.23. The fraction of sp³-hybridized carbons (Fsp3) is 0.600. The monoisotopic (exact) mass is 317 g/mol. The van der Waals surface area contributed by atoms with Gasteiger partial charge < -0.3 is 4.74 Å². The van der Waals surface area contributed by atoms with Gasteiger partial charge in [-0.25, -0.2) is 17.9 Å². The van der Waals surface area contributed by atoms with Crippen LogP contribution in [0.4, 0.5) is 4.39 Å². The second-order valence-electron chi connectivity index (χ2n) is 5.11. The van der Waals surface area contributed by atoms with Crippen LogP contribution in [0.5, 0.6) is 5.75 Å². The van der Waals surface area contributed by atoms with Gasteiger partial charge in [-0.2, -0.15) is 0 Å². The summed E-state index contributed by atoms with van der Waals surface area (Å²) >= 11 is 0. The number of hydrogen-bond acceptors (Lipinski definition) is 3. The van der Waals surface area contributed by atoms with Crippen LogP contribution in [0, 0.1) is 5.82 Å². The van der Waals surface area contributed by atoms with Gasteiger partial charge in [0.2, 0.25) is 10.0 Å². The molecule has 1 aromatic rings. The highest BCUT2D eigenvalue weighted by molar-refractivity contribution is 7.89. The maximum Gasteiger partial charge on any atom is 0.241 e. The van der Waals surface area contributed by atoms with Crippen LogP contribution in [0.2, 0.25) is 0 Å². The minimum atomic E-state index is -3.98. The minimum absolute atomic E-state index is 0.116. The van der Waals surface area contributed by atoms with E-state index in [-0.39, 0.29) is 10.6 Å². The van der Waals surface area contributed by atoms with Crippen molar-refractivity contribution in [2.75, 3.05) is 6.61 Å². The van der Waals surface area contributed by atoms with E-state index in [0.717, 1.165) is 31.4 Å². The molecule has 0 atom stereocenters. The van der Waals surface area contributed by atoms with E-state index >= 15 is 0 Å². The summed E-state index contributed by atoms with van der Waals surface area (Å²) in [6.07, 6.45) is 7.99. The first-order chi connectivity index (χ1) is 9.95. The summed E-state index contributed by atoms with van der Waals surface area (Å²) in [5.74, 6) is -0.535. The van der Waals surface area contributed by atoms with E-state index in [4.69, 9.17) is 9.88 Å². The Morgan fingerprint density at radius 2 is 1.71 bits per heavy atom. The van der Waals surface area contributed by atoms with Crippen molar-refractivity contribution in [3.63, 3.8) is 0 Å². The van der Waals surface area contributed by atoms with Crippen molar-refractivity contribution in [3.8, 4) is 5.75 Å². The van der Waals surface area contributed by atoms with Gasteiger partial charge in [-0.05, 0) is 24.6 Å². The lowest BCUT2D eigenvalue weighted by molar-refractivity contribution is 0.296. The number of benzene rings is 1. The second-order valence-corrected chi connectivity index (χ2v) is 6.64. The van der Waals surface area contributed by atoms with Crippen LogP contribution >= 0.6 is 0 Å². The van der Waals surface area contributed by atoms with Crippen LogP contribution in [0.15, 0.2) is 23.1 Å². The molecule has 0 bridgehead atoms. The number of primary sulfonamides is 1. The Morgan fingerprint density at radius 3 is 2.33 bits per heavy atom. The number of nitrogens with two attached hydrogens (primary N) is 1. The van der Waals surface area contributed by atoms with Gasteiger partial charge in [0.15, 0.2) is 0 Å². The molecular formula is C15H24FNO3S. The molecule has 0 aliphatic carbocycles. The van der Waals surface area contributed by atoms with E-state index < -0.39 is 15.8 Å². The summed E-state index contributed by atoms with van der Waals surface area (Å²) in [7, 11) is -3.98. The molecule has 1 aromatic carbocycles. The van der Waals surface area contributed by atoms with E-state index in [9.17, 15) is 12.8 Å². The fourth-order valence-electron chi connectivity index (χ4n) is 2.06. The average Bonchev–Trinajstić information content (AvgIpc) is 2.42. The first kappa shape index (κ1) is 17.9. The van der Waals surface area contributed by atoms with Gasteiger partial charge in [-0.15, -0.1) is 0 Å². The summed E-state index contributed by atoms with van der Waals surface area (Å²) in [4.78, 5) is -0.301. The molecule has 0 aliphatic heterocycles. The van der Waals surface area contributed by atoms with Crippen molar-refractivity contribution in [2.45, 2.75) is 56.8 Å². The molecule has 0 unspecified atom stereocenters. The molecule has 0 saturated heterocycles. The Hall–Kier alpha value is -1.14. The van der Waals surface area contributed by atoms with E-state index in [0.29, 0.717) is 6.61 Å². The second kappa shape index (κ2) is 9.00. The lowest BCUT2D eigenvalue weighted by Gasteiger charge is -2.10. The van der Waals surface area contributed by atoms with Crippen molar-refractivity contribution in [3.05, 3.63) is 24.0 Å². The zero-order valence-corrected chi connectivity index (χ0v) is 13.3. The predicted molar refractivity (Wildman–Crippen MR) is 81.3 cm³/mol. The number of hydrogen-bond donors (Lipinski definition) is 1. The van der Waals surface area contributed by atoms with Gasteiger partial charge in [0.25, 0.3) is 0 Å². The van der Waals surface area contributed by atoms with Gasteiger partial charge in [-0.3, -0.25) is 0 Å². The highest BCUT2D eigenvalue weighted by atomic mass is 32.2. The van der Waals surface area contributed by atoms with E-state index in [1.165, 1.54) is 31.7 Å². The van der Waals surface area contributed by atoms with Crippen molar-refractivity contribution >= 4 is 10.0 Å². The highest BCUT2D eigenvalue weighted by Gasteiger charge is 2.16. The number of unbranched alkanes of at least 4 members (excludes halogenated alkanes) is 6. The molecule has 0 fully saturated rings. The van der Waals surface area contributed by atoms with E-state index in [1.807, 2.05) is 0 Å². The van der Waals surface area contributed by atoms with E-state index in [1.54, 1.807) is 0 Å². The van der Waals surface area contributed by atoms with Gasteiger partial charge in [0, 0.05) is 0 Å². The van der Waals surface area contributed by atoms with Gasteiger partial charge in [0.05, 0.1) is 6.61 Å². The Kier molecular flexibility index (Phi) is 7.67. The van der Waals surface area contributed by atoms with Crippen LogP contribution < -0.4 is 9.88 Å². The van der Waals surface area contributed by atoms with Crippen LogP contribution in [-0.4, -0.2) is 15.0 Å². The zero-order valence-electron chi connectivity index (χ0n) is 12.5. The summed E-state index contributed by atoms with van der Waals surface area (Å²) in [6, 6.07) is 3.35. The molecule has 0 spiro atoms. The molecule has 0 heterocycles. The van der Waals surface area contributed by atoms with Crippen molar-refractivity contribution in [1.82, 2.24) is 0 Å². The topological polar surface area (TPSA) is 69.4 Å². The minimum Gasteiger partial charge on any atom is -0.492 e. The molecule has 0 aliphatic rings. The van der Waals surface area contributed by atoms with Crippen LogP contribution in [0.1, 0.15) is 51.9 Å². The van der Waals surface area contributed by atoms with Crippen molar-refractivity contribution in [2.24, 2.45) is 5.14 Å². The van der Waals surface area contributed by atoms with Gasteiger partial charge in [0.1, 0.15) is 16.5 Å². The summed E-state index contributed by atoms with van der Waals surface area (Å²) in [5.41, 5.74) is 0. The number of halogens is 1. The molecule has 0 radical (unpaired) electrons. The largest absolute Gasteiger partial charge is 0.492 e. The maximum atomic E-state index is 13.1. The number of sulfonamides is 1. The lowest BCUT2D eigenvalue weighted by atomic mass is 10.1. The molecular weight excluding hydrogens is 293 g/mol. The SMILES string of the molecule is CCCCCCCCCOc1ccc(F)cc1S(N)(=O)=O. The normalized spacial score (nSPS) is 11.6.